The lowest BCUT2D eigenvalue weighted by Crippen LogP contribution is -2.47. The average Bonchev–Trinajstić information content (AvgIpc) is 3.16. The van der Waals surface area contributed by atoms with E-state index in [2.05, 4.69) is 11.1 Å². The van der Waals surface area contributed by atoms with E-state index in [9.17, 15) is 4.79 Å². The molecular formula is C16H21N3OS. The molecule has 3 N–H and O–H groups in total. The van der Waals surface area contributed by atoms with E-state index in [4.69, 9.17) is 5.73 Å². The molecule has 0 aliphatic carbocycles. The molecule has 1 saturated heterocycles. The number of carbonyl (C=O) groups excluding carboxylic acids is 1. The summed E-state index contributed by atoms with van der Waals surface area (Å²) < 4.78 is 0. The summed E-state index contributed by atoms with van der Waals surface area (Å²) in [4.78, 5) is 17.6. The van der Waals surface area contributed by atoms with Crippen molar-refractivity contribution in [1.82, 2.24) is 9.88 Å². The van der Waals surface area contributed by atoms with Gasteiger partial charge in [-0.1, -0.05) is 18.2 Å². The van der Waals surface area contributed by atoms with Crippen LogP contribution >= 0.6 is 11.8 Å². The molecule has 0 radical (unpaired) electrons. The molecule has 0 bridgehead atoms. The number of amides is 1. The number of likely N-dealkylation sites (N-methyl/N-ethyl adjacent to an activating group) is 1. The van der Waals surface area contributed by atoms with Gasteiger partial charge in [0.15, 0.2) is 0 Å². The lowest BCUT2D eigenvalue weighted by Gasteiger charge is -2.26. The van der Waals surface area contributed by atoms with E-state index in [0.29, 0.717) is 12.5 Å². The number of rotatable bonds is 4. The highest BCUT2D eigenvalue weighted by molar-refractivity contribution is 7.99. The van der Waals surface area contributed by atoms with Gasteiger partial charge in [-0.05, 0) is 30.2 Å². The Morgan fingerprint density at radius 1 is 1.52 bits per heavy atom. The molecule has 1 aromatic heterocycles. The molecular weight excluding hydrogens is 282 g/mol. The third kappa shape index (κ3) is 2.94. The molecule has 1 aliphatic heterocycles. The van der Waals surface area contributed by atoms with E-state index in [1.54, 1.807) is 0 Å². The maximum Gasteiger partial charge on any atom is 0.239 e. The van der Waals surface area contributed by atoms with Crippen molar-refractivity contribution in [2.45, 2.75) is 24.9 Å². The van der Waals surface area contributed by atoms with Gasteiger partial charge in [0.2, 0.25) is 5.91 Å². The van der Waals surface area contributed by atoms with Crippen LogP contribution < -0.4 is 5.73 Å². The number of benzene rings is 1. The first kappa shape index (κ1) is 14.5. The average molecular weight is 303 g/mol. The number of hydrogen-bond acceptors (Lipinski definition) is 3. The maximum absolute atomic E-state index is 12.5. The van der Waals surface area contributed by atoms with Crippen LogP contribution in [-0.2, 0) is 11.2 Å². The van der Waals surface area contributed by atoms with E-state index in [-0.39, 0.29) is 5.91 Å². The second-order valence-electron chi connectivity index (χ2n) is 5.64. The van der Waals surface area contributed by atoms with Gasteiger partial charge < -0.3 is 15.6 Å². The van der Waals surface area contributed by atoms with Crippen molar-refractivity contribution in [3.05, 3.63) is 36.0 Å². The molecule has 1 unspecified atom stereocenters. The molecule has 0 spiro atoms. The number of aromatic amines is 1. The Kier molecular flexibility index (Phi) is 4.22. The molecule has 1 amide bonds. The minimum absolute atomic E-state index is 0.0489. The lowest BCUT2D eigenvalue weighted by molar-refractivity contribution is -0.132. The van der Waals surface area contributed by atoms with Crippen LogP contribution in [0.2, 0.25) is 0 Å². The molecule has 4 nitrogen and oxygen atoms in total. The van der Waals surface area contributed by atoms with Crippen LogP contribution in [0.15, 0.2) is 30.5 Å². The van der Waals surface area contributed by atoms with Gasteiger partial charge in [-0.2, -0.15) is 11.8 Å². The predicted octanol–water partition coefficient (Wildman–Crippen LogP) is 2.00. The third-order valence-corrected chi connectivity index (χ3v) is 5.38. The standard InChI is InChI=1S/C16H21N3OS/c1-19(12-6-7-21-10-12)16(20)14(17)8-11-9-18-15-5-3-2-4-13(11)15/h2-5,9,12,14,18H,6-8,10,17H2,1H3/t12?,14-/m0/s1. The highest BCUT2D eigenvalue weighted by Gasteiger charge is 2.27. The molecule has 5 heteroatoms. The molecule has 3 rings (SSSR count). The third-order valence-electron chi connectivity index (χ3n) is 4.23. The summed E-state index contributed by atoms with van der Waals surface area (Å²) in [6, 6.07) is 7.98. The fourth-order valence-corrected chi connectivity index (χ4v) is 4.16. The van der Waals surface area contributed by atoms with Crippen molar-refractivity contribution in [2.24, 2.45) is 5.73 Å². The van der Waals surface area contributed by atoms with Crippen LogP contribution in [0.25, 0.3) is 10.9 Å². The van der Waals surface area contributed by atoms with Crippen LogP contribution in [-0.4, -0.2) is 46.4 Å². The Morgan fingerprint density at radius 3 is 3.10 bits per heavy atom. The number of H-pyrrole nitrogens is 1. The summed E-state index contributed by atoms with van der Waals surface area (Å²) in [7, 11) is 1.88. The van der Waals surface area contributed by atoms with Crippen molar-refractivity contribution in [3.63, 3.8) is 0 Å². The van der Waals surface area contributed by atoms with E-state index < -0.39 is 6.04 Å². The number of para-hydroxylation sites is 1. The van der Waals surface area contributed by atoms with Gasteiger partial charge in [-0.15, -0.1) is 0 Å². The lowest BCUT2D eigenvalue weighted by atomic mass is 10.0. The number of hydrogen-bond donors (Lipinski definition) is 2. The molecule has 2 atom stereocenters. The largest absolute Gasteiger partial charge is 0.361 e. The Morgan fingerprint density at radius 2 is 2.33 bits per heavy atom. The van der Waals surface area contributed by atoms with E-state index in [1.807, 2.05) is 48.1 Å². The maximum atomic E-state index is 12.5. The number of aromatic nitrogens is 1. The topological polar surface area (TPSA) is 62.1 Å². The van der Waals surface area contributed by atoms with Crippen LogP contribution in [0, 0.1) is 0 Å². The van der Waals surface area contributed by atoms with Crippen molar-refractivity contribution in [3.8, 4) is 0 Å². The van der Waals surface area contributed by atoms with Crippen molar-refractivity contribution in [2.75, 3.05) is 18.6 Å². The zero-order valence-electron chi connectivity index (χ0n) is 12.2. The van der Waals surface area contributed by atoms with Crippen LogP contribution in [0.3, 0.4) is 0 Å². The highest BCUT2D eigenvalue weighted by Crippen LogP contribution is 2.23. The van der Waals surface area contributed by atoms with Gasteiger partial charge in [0.05, 0.1) is 6.04 Å². The van der Waals surface area contributed by atoms with Crippen LogP contribution in [0.5, 0.6) is 0 Å². The Balaban J connectivity index is 1.70. The molecule has 0 saturated carbocycles. The summed E-state index contributed by atoms with van der Waals surface area (Å²) >= 11 is 1.91. The van der Waals surface area contributed by atoms with Gasteiger partial charge in [0.25, 0.3) is 0 Å². The summed E-state index contributed by atoms with van der Waals surface area (Å²) in [6.07, 6.45) is 3.61. The first-order valence-corrected chi connectivity index (χ1v) is 8.47. The van der Waals surface area contributed by atoms with Gasteiger partial charge in [0.1, 0.15) is 0 Å². The minimum Gasteiger partial charge on any atom is -0.361 e. The van der Waals surface area contributed by atoms with Gasteiger partial charge in [0, 0.05) is 35.9 Å². The molecule has 1 fully saturated rings. The number of nitrogens with two attached hydrogens (primary N) is 1. The molecule has 2 aromatic rings. The molecule has 2 heterocycles. The predicted molar refractivity (Wildman–Crippen MR) is 88.5 cm³/mol. The molecule has 21 heavy (non-hydrogen) atoms. The number of carbonyl (C=O) groups is 1. The van der Waals surface area contributed by atoms with Gasteiger partial charge >= 0.3 is 0 Å². The minimum atomic E-state index is -0.472. The number of fused-ring (bicyclic) bond motifs is 1. The summed E-state index contributed by atoms with van der Waals surface area (Å²) in [5.41, 5.74) is 8.36. The van der Waals surface area contributed by atoms with Crippen LogP contribution in [0.1, 0.15) is 12.0 Å². The number of nitrogens with zero attached hydrogens (tertiary/aromatic N) is 1. The van der Waals surface area contributed by atoms with Gasteiger partial charge in [-0.25, -0.2) is 0 Å². The Labute approximate surface area is 129 Å². The SMILES string of the molecule is CN(C(=O)[C@@H](N)Cc1c[nH]c2ccccc12)C1CCSC1. The summed E-state index contributed by atoms with van der Waals surface area (Å²) in [5.74, 6) is 2.22. The van der Waals surface area contributed by atoms with Crippen molar-refractivity contribution < 1.29 is 4.79 Å². The molecule has 112 valence electrons. The zero-order chi connectivity index (χ0) is 14.8. The smallest absolute Gasteiger partial charge is 0.239 e. The van der Waals surface area contributed by atoms with Crippen LogP contribution in [0.4, 0.5) is 0 Å². The monoisotopic (exact) mass is 303 g/mol. The quantitative estimate of drug-likeness (QED) is 0.908. The fourth-order valence-electron chi connectivity index (χ4n) is 2.89. The zero-order valence-corrected chi connectivity index (χ0v) is 13.0. The Hall–Kier alpha value is -1.46. The highest BCUT2D eigenvalue weighted by atomic mass is 32.2. The van der Waals surface area contributed by atoms with Crippen molar-refractivity contribution >= 4 is 28.6 Å². The first-order valence-electron chi connectivity index (χ1n) is 7.32. The molecule has 1 aliphatic rings. The van der Waals surface area contributed by atoms with E-state index >= 15 is 0 Å². The molecule has 1 aromatic carbocycles. The second kappa shape index (κ2) is 6.12. The summed E-state index contributed by atoms with van der Waals surface area (Å²) in [5, 5.41) is 1.15. The van der Waals surface area contributed by atoms with E-state index in [1.165, 1.54) is 0 Å². The van der Waals surface area contributed by atoms with Gasteiger partial charge in [-0.3, -0.25) is 4.79 Å². The van der Waals surface area contributed by atoms with Crippen molar-refractivity contribution in [1.29, 1.82) is 0 Å². The fraction of sp³-hybridized carbons (Fsp3) is 0.438. The first-order chi connectivity index (χ1) is 10.2. The number of thioether (sulfide) groups is 1. The summed E-state index contributed by atoms with van der Waals surface area (Å²) in [6.45, 7) is 0. The second-order valence-corrected chi connectivity index (χ2v) is 6.79. The number of nitrogens with one attached hydrogen (secondary N) is 1. The Bertz CT molecular complexity index is 633. The van der Waals surface area contributed by atoms with E-state index in [0.717, 1.165) is 34.4 Å². The normalized spacial score (nSPS) is 19.8.